The van der Waals surface area contributed by atoms with Crippen LogP contribution in [0.5, 0.6) is 0 Å². The van der Waals surface area contributed by atoms with Crippen molar-refractivity contribution in [1.29, 1.82) is 0 Å². The lowest BCUT2D eigenvalue weighted by atomic mass is 10.2. The largest absolute Gasteiger partial charge is 0.326 e. The van der Waals surface area contributed by atoms with Gasteiger partial charge in [-0.1, -0.05) is 19.4 Å². The predicted octanol–water partition coefficient (Wildman–Crippen LogP) is 2.91. The van der Waals surface area contributed by atoms with Crippen molar-refractivity contribution in [1.82, 2.24) is 9.97 Å². The van der Waals surface area contributed by atoms with E-state index in [2.05, 4.69) is 15.3 Å². The van der Waals surface area contributed by atoms with E-state index < -0.39 is 0 Å². The molecule has 0 aliphatic rings. The molecule has 0 aliphatic carbocycles. The van der Waals surface area contributed by atoms with E-state index in [0.29, 0.717) is 17.2 Å². The number of anilines is 2. The van der Waals surface area contributed by atoms with E-state index in [4.69, 9.17) is 0 Å². The highest BCUT2D eigenvalue weighted by Gasteiger charge is 2.03. The van der Waals surface area contributed by atoms with Crippen LogP contribution in [0.1, 0.15) is 24.6 Å². The number of nitrogens with zero attached hydrogens (tertiary/aromatic N) is 1. The molecule has 0 saturated heterocycles. The van der Waals surface area contributed by atoms with E-state index in [1.807, 2.05) is 6.92 Å². The first kappa shape index (κ1) is 13.3. The molecule has 0 spiro atoms. The molecule has 0 saturated carbocycles. The van der Waals surface area contributed by atoms with Crippen LogP contribution in [-0.4, -0.2) is 9.97 Å². The Hall–Kier alpha value is -2.17. The van der Waals surface area contributed by atoms with Gasteiger partial charge in [-0.2, -0.15) is 0 Å². The zero-order valence-electron chi connectivity index (χ0n) is 11.0. The number of benzene rings is 1. The van der Waals surface area contributed by atoms with Crippen molar-refractivity contribution >= 4 is 11.6 Å². The molecule has 0 radical (unpaired) electrons. The van der Waals surface area contributed by atoms with Gasteiger partial charge in [0.25, 0.3) is 5.56 Å². The van der Waals surface area contributed by atoms with Crippen LogP contribution in [0.25, 0.3) is 0 Å². The fraction of sp³-hybridized carbons (Fsp3) is 0.286. The van der Waals surface area contributed by atoms with Gasteiger partial charge in [0, 0.05) is 17.4 Å². The summed E-state index contributed by atoms with van der Waals surface area (Å²) in [7, 11) is 0. The minimum Gasteiger partial charge on any atom is -0.326 e. The number of nitrogens with one attached hydrogen (secondary N) is 2. The molecule has 5 heteroatoms. The third-order valence-corrected chi connectivity index (χ3v) is 2.74. The summed E-state index contributed by atoms with van der Waals surface area (Å²) >= 11 is 0. The molecule has 100 valence electrons. The Balaban J connectivity index is 2.27. The number of halogens is 1. The molecule has 4 nitrogen and oxygen atoms in total. The van der Waals surface area contributed by atoms with Crippen molar-refractivity contribution in [2.45, 2.75) is 26.7 Å². The van der Waals surface area contributed by atoms with Crippen molar-refractivity contribution < 1.29 is 4.39 Å². The van der Waals surface area contributed by atoms with Crippen LogP contribution >= 0.6 is 0 Å². The number of H-pyrrole nitrogens is 1. The molecular weight excluding hydrogens is 245 g/mol. The minimum atomic E-state index is -0.294. The maximum Gasteiger partial charge on any atom is 0.252 e. The van der Waals surface area contributed by atoms with E-state index in [1.54, 1.807) is 19.1 Å². The molecule has 1 aromatic heterocycles. The van der Waals surface area contributed by atoms with Gasteiger partial charge in [-0.3, -0.25) is 9.78 Å². The van der Waals surface area contributed by atoms with E-state index >= 15 is 0 Å². The number of aromatic nitrogens is 2. The molecule has 2 rings (SSSR count). The molecular formula is C14H16FN3O. The highest BCUT2D eigenvalue weighted by atomic mass is 19.1. The second-order valence-corrected chi connectivity index (χ2v) is 4.42. The molecule has 0 amide bonds. The number of hydrogen-bond acceptors (Lipinski definition) is 3. The Morgan fingerprint density at radius 2 is 2.16 bits per heavy atom. The third-order valence-electron chi connectivity index (χ3n) is 2.74. The first-order valence-corrected chi connectivity index (χ1v) is 6.22. The zero-order chi connectivity index (χ0) is 13.8. The fourth-order valence-corrected chi connectivity index (χ4v) is 1.76. The molecule has 0 unspecified atom stereocenters. The zero-order valence-corrected chi connectivity index (χ0v) is 11.0. The SMILES string of the molecule is CCCc1cc(=O)[nH]c(Nc2ccc(C)c(F)c2)n1. The first-order valence-electron chi connectivity index (χ1n) is 6.22. The van der Waals surface area contributed by atoms with Gasteiger partial charge in [0.1, 0.15) is 5.82 Å². The molecule has 2 N–H and O–H groups in total. The Morgan fingerprint density at radius 1 is 1.37 bits per heavy atom. The van der Waals surface area contributed by atoms with Crippen molar-refractivity contribution in [3.05, 3.63) is 51.7 Å². The summed E-state index contributed by atoms with van der Waals surface area (Å²) in [5, 5.41) is 2.90. The molecule has 2 aromatic rings. The van der Waals surface area contributed by atoms with Crippen molar-refractivity contribution in [3.63, 3.8) is 0 Å². The summed E-state index contributed by atoms with van der Waals surface area (Å²) in [5.41, 5.74) is 1.64. The van der Waals surface area contributed by atoms with Crippen molar-refractivity contribution in [3.8, 4) is 0 Å². The van der Waals surface area contributed by atoms with Crippen LogP contribution in [-0.2, 0) is 6.42 Å². The van der Waals surface area contributed by atoms with Crippen molar-refractivity contribution in [2.24, 2.45) is 0 Å². The van der Waals surface area contributed by atoms with Crippen LogP contribution < -0.4 is 10.9 Å². The maximum absolute atomic E-state index is 13.4. The summed E-state index contributed by atoms with van der Waals surface area (Å²) < 4.78 is 13.4. The van der Waals surface area contributed by atoms with Crippen molar-refractivity contribution in [2.75, 3.05) is 5.32 Å². The van der Waals surface area contributed by atoms with Gasteiger partial charge < -0.3 is 5.32 Å². The summed E-state index contributed by atoms with van der Waals surface area (Å²) in [5.74, 6) is 0.0382. The van der Waals surface area contributed by atoms with Gasteiger partial charge in [-0.25, -0.2) is 9.37 Å². The van der Waals surface area contributed by atoms with Gasteiger partial charge >= 0.3 is 0 Å². The molecule has 0 bridgehead atoms. The van der Waals surface area contributed by atoms with Crippen LogP contribution in [0.15, 0.2) is 29.1 Å². The lowest BCUT2D eigenvalue weighted by molar-refractivity contribution is 0.619. The second kappa shape index (κ2) is 5.65. The molecule has 0 atom stereocenters. The number of aryl methyl sites for hydroxylation is 2. The van der Waals surface area contributed by atoms with Crippen LogP contribution in [0, 0.1) is 12.7 Å². The minimum absolute atomic E-state index is 0.214. The van der Waals surface area contributed by atoms with Crippen LogP contribution in [0.3, 0.4) is 0 Å². The number of aromatic amines is 1. The topological polar surface area (TPSA) is 57.8 Å². The van der Waals surface area contributed by atoms with Gasteiger partial charge in [0.2, 0.25) is 5.95 Å². The van der Waals surface area contributed by atoms with Gasteiger partial charge in [-0.15, -0.1) is 0 Å². The number of rotatable bonds is 4. The highest BCUT2D eigenvalue weighted by Crippen LogP contribution is 2.16. The lowest BCUT2D eigenvalue weighted by Gasteiger charge is -2.07. The lowest BCUT2D eigenvalue weighted by Crippen LogP contribution is -2.12. The summed E-state index contributed by atoms with van der Waals surface area (Å²) in [6.45, 7) is 3.71. The quantitative estimate of drug-likeness (QED) is 0.889. The van der Waals surface area contributed by atoms with Gasteiger partial charge in [0.15, 0.2) is 0 Å². The Bertz CT molecular complexity index is 637. The van der Waals surface area contributed by atoms with E-state index in [1.165, 1.54) is 12.1 Å². The average molecular weight is 261 g/mol. The number of hydrogen-bond donors (Lipinski definition) is 2. The average Bonchev–Trinajstić information content (AvgIpc) is 2.33. The Morgan fingerprint density at radius 3 is 2.84 bits per heavy atom. The van der Waals surface area contributed by atoms with E-state index in [9.17, 15) is 9.18 Å². The third kappa shape index (κ3) is 3.40. The molecule has 19 heavy (non-hydrogen) atoms. The molecule has 1 heterocycles. The standard InChI is InChI=1S/C14H16FN3O/c1-3-4-10-8-13(19)18-14(16-10)17-11-6-5-9(2)12(15)7-11/h5-8H,3-4H2,1-2H3,(H2,16,17,18,19). The smallest absolute Gasteiger partial charge is 0.252 e. The summed E-state index contributed by atoms with van der Waals surface area (Å²) in [6.07, 6.45) is 1.65. The van der Waals surface area contributed by atoms with E-state index in [0.717, 1.165) is 18.5 Å². The highest BCUT2D eigenvalue weighted by molar-refractivity contribution is 5.53. The fourth-order valence-electron chi connectivity index (χ4n) is 1.76. The monoisotopic (exact) mass is 261 g/mol. The maximum atomic E-state index is 13.4. The Kier molecular flexibility index (Phi) is 3.94. The molecule has 0 aliphatic heterocycles. The van der Waals surface area contributed by atoms with Gasteiger partial charge in [-0.05, 0) is 31.0 Å². The first-order chi connectivity index (χ1) is 9.08. The van der Waals surface area contributed by atoms with E-state index in [-0.39, 0.29) is 11.4 Å². The normalized spacial score (nSPS) is 10.5. The van der Waals surface area contributed by atoms with Crippen LogP contribution in [0.4, 0.5) is 16.0 Å². The van der Waals surface area contributed by atoms with Crippen LogP contribution in [0.2, 0.25) is 0 Å². The summed E-state index contributed by atoms with van der Waals surface area (Å²) in [4.78, 5) is 18.4. The summed E-state index contributed by atoms with van der Waals surface area (Å²) in [6, 6.07) is 6.27. The Labute approximate surface area is 110 Å². The molecule has 1 aromatic carbocycles. The second-order valence-electron chi connectivity index (χ2n) is 4.42. The predicted molar refractivity (Wildman–Crippen MR) is 73.3 cm³/mol. The molecule has 0 fully saturated rings. The van der Waals surface area contributed by atoms with Gasteiger partial charge in [0.05, 0.1) is 0 Å².